The van der Waals surface area contributed by atoms with Crippen LogP contribution in [-0.2, 0) is 0 Å². The third kappa shape index (κ3) is 3.97. The second kappa shape index (κ2) is 6.61. The van der Waals surface area contributed by atoms with Crippen LogP contribution in [0.15, 0.2) is 18.2 Å². The molecule has 1 amide bonds. The molecule has 0 spiro atoms. The predicted molar refractivity (Wildman–Crippen MR) is 89.1 cm³/mol. The minimum absolute atomic E-state index is 0. The molecule has 1 aromatic carbocycles. The third-order valence-corrected chi connectivity index (χ3v) is 4.46. The maximum absolute atomic E-state index is 12.2. The van der Waals surface area contributed by atoms with Gasteiger partial charge in [0.2, 0.25) is 0 Å². The van der Waals surface area contributed by atoms with Gasteiger partial charge in [-0.05, 0) is 66.5 Å². The molecule has 106 valence electrons. The van der Waals surface area contributed by atoms with Crippen LogP contribution < -0.4 is 11.1 Å². The molecule has 0 saturated heterocycles. The van der Waals surface area contributed by atoms with Gasteiger partial charge in [0, 0.05) is 10.1 Å². The van der Waals surface area contributed by atoms with E-state index in [9.17, 15) is 4.79 Å². The van der Waals surface area contributed by atoms with Crippen molar-refractivity contribution in [3.63, 3.8) is 0 Å². The number of carbonyl (C=O) groups is 1. The van der Waals surface area contributed by atoms with Crippen molar-refractivity contribution in [3.05, 3.63) is 32.4 Å². The van der Waals surface area contributed by atoms with Crippen LogP contribution in [0.5, 0.6) is 0 Å². The summed E-state index contributed by atoms with van der Waals surface area (Å²) in [5.74, 6) is 0.352. The lowest BCUT2D eigenvalue weighted by Gasteiger charge is -2.29. The number of halogens is 3. The molecule has 3 nitrogen and oxygen atoms in total. The van der Waals surface area contributed by atoms with Gasteiger partial charge in [0.05, 0.1) is 16.1 Å². The second-order valence-corrected chi connectivity index (χ2v) is 6.63. The standard InChI is InChI=1S/C13H16ClIN2O.ClH/c1-13(7-16,8-2-3-8)17-12(18)10-5-4-9(15)6-11(10)14;/h4-6,8H,2-3,7,16H2,1H3,(H,17,18);1H. The zero-order valence-corrected chi connectivity index (χ0v) is 14.3. The molecule has 0 radical (unpaired) electrons. The van der Waals surface area contributed by atoms with E-state index in [-0.39, 0.29) is 23.9 Å². The molecule has 1 aliphatic rings. The number of nitrogens with one attached hydrogen (secondary N) is 1. The van der Waals surface area contributed by atoms with E-state index >= 15 is 0 Å². The van der Waals surface area contributed by atoms with Crippen LogP contribution in [0.4, 0.5) is 0 Å². The molecule has 6 heteroatoms. The van der Waals surface area contributed by atoms with Crippen molar-refractivity contribution in [1.29, 1.82) is 0 Å². The Morgan fingerprint density at radius 3 is 2.68 bits per heavy atom. The first kappa shape index (κ1) is 17.0. The van der Waals surface area contributed by atoms with Gasteiger partial charge < -0.3 is 11.1 Å². The molecule has 1 atom stereocenters. The number of amides is 1. The molecule has 2 rings (SSSR count). The van der Waals surface area contributed by atoms with Crippen LogP contribution in [0, 0.1) is 9.49 Å². The number of nitrogens with two attached hydrogens (primary N) is 1. The topological polar surface area (TPSA) is 55.1 Å². The van der Waals surface area contributed by atoms with E-state index in [1.165, 1.54) is 0 Å². The molecule has 0 aromatic heterocycles. The molecule has 1 saturated carbocycles. The maximum atomic E-state index is 12.2. The van der Waals surface area contributed by atoms with Gasteiger partial charge in [-0.2, -0.15) is 0 Å². The van der Waals surface area contributed by atoms with E-state index in [0.29, 0.717) is 23.0 Å². The fourth-order valence-electron chi connectivity index (χ4n) is 2.04. The maximum Gasteiger partial charge on any atom is 0.253 e. The lowest BCUT2D eigenvalue weighted by molar-refractivity contribution is 0.0898. The molecule has 1 fully saturated rings. The predicted octanol–water partition coefficient (Wildman–Crippen LogP) is 3.22. The van der Waals surface area contributed by atoms with E-state index in [4.69, 9.17) is 17.3 Å². The second-order valence-electron chi connectivity index (χ2n) is 4.97. The van der Waals surface area contributed by atoms with Crippen molar-refractivity contribution in [2.45, 2.75) is 25.3 Å². The van der Waals surface area contributed by atoms with Crippen LogP contribution in [0.3, 0.4) is 0 Å². The zero-order valence-electron chi connectivity index (χ0n) is 10.6. The van der Waals surface area contributed by atoms with Crippen LogP contribution in [-0.4, -0.2) is 18.0 Å². The Morgan fingerprint density at radius 2 is 2.21 bits per heavy atom. The molecule has 1 aromatic rings. The monoisotopic (exact) mass is 414 g/mol. The largest absolute Gasteiger partial charge is 0.345 e. The number of hydrogen-bond acceptors (Lipinski definition) is 2. The van der Waals surface area contributed by atoms with Crippen LogP contribution in [0.2, 0.25) is 5.02 Å². The fourth-order valence-corrected chi connectivity index (χ4v) is 2.98. The average Bonchev–Trinajstić information content (AvgIpc) is 3.12. The number of rotatable bonds is 4. The van der Waals surface area contributed by atoms with E-state index < -0.39 is 0 Å². The summed E-state index contributed by atoms with van der Waals surface area (Å²) in [5.41, 5.74) is 5.98. The van der Waals surface area contributed by atoms with Crippen LogP contribution >= 0.6 is 46.6 Å². The summed E-state index contributed by atoms with van der Waals surface area (Å²) < 4.78 is 1.01. The Kier molecular flexibility index (Phi) is 5.92. The Labute approximate surface area is 138 Å². The number of hydrogen-bond donors (Lipinski definition) is 2. The lowest BCUT2D eigenvalue weighted by atomic mass is 9.95. The smallest absolute Gasteiger partial charge is 0.253 e. The Balaban J connectivity index is 0.00000180. The van der Waals surface area contributed by atoms with E-state index in [0.717, 1.165) is 16.4 Å². The Bertz CT molecular complexity index is 480. The summed E-state index contributed by atoms with van der Waals surface area (Å²) in [7, 11) is 0. The van der Waals surface area contributed by atoms with Gasteiger partial charge in [-0.25, -0.2) is 0 Å². The summed E-state index contributed by atoms with van der Waals surface area (Å²) in [5, 5.41) is 3.51. The minimum atomic E-state index is -0.316. The highest BCUT2D eigenvalue weighted by atomic mass is 127. The van der Waals surface area contributed by atoms with Gasteiger partial charge in [0.15, 0.2) is 0 Å². The molecular weight excluding hydrogens is 398 g/mol. The van der Waals surface area contributed by atoms with E-state index in [2.05, 4.69) is 27.9 Å². The van der Waals surface area contributed by atoms with E-state index in [1.807, 2.05) is 13.0 Å². The molecule has 1 unspecified atom stereocenters. The summed E-state index contributed by atoms with van der Waals surface area (Å²) >= 11 is 8.26. The van der Waals surface area contributed by atoms with Gasteiger partial charge in [-0.15, -0.1) is 12.4 Å². The Hall–Kier alpha value is -0.0400. The SMILES string of the molecule is CC(CN)(NC(=O)c1ccc(I)cc1Cl)C1CC1.Cl. The zero-order chi connectivity index (χ0) is 13.3. The highest BCUT2D eigenvalue weighted by molar-refractivity contribution is 14.1. The first-order valence-corrected chi connectivity index (χ1v) is 7.39. The fraction of sp³-hybridized carbons (Fsp3) is 0.462. The molecule has 0 heterocycles. The van der Waals surface area contributed by atoms with Crippen molar-refractivity contribution in [3.8, 4) is 0 Å². The molecule has 0 aliphatic heterocycles. The van der Waals surface area contributed by atoms with Gasteiger partial charge in [0.1, 0.15) is 0 Å². The number of benzene rings is 1. The van der Waals surface area contributed by atoms with Crippen molar-refractivity contribution >= 4 is 52.5 Å². The van der Waals surface area contributed by atoms with E-state index in [1.54, 1.807) is 12.1 Å². The quantitative estimate of drug-likeness (QED) is 0.743. The van der Waals surface area contributed by atoms with Gasteiger partial charge in [-0.3, -0.25) is 4.79 Å². The van der Waals surface area contributed by atoms with Crippen LogP contribution in [0.25, 0.3) is 0 Å². The summed E-state index contributed by atoms with van der Waals surface area (Å²) in [4.78, 5) is 12.2. The summed E-state index contributed by atoms with van der Waals surface area (Å²) in [6.45, 7) is 2.45. The van der Waals surface area contributed by atoms with Gasteiger partial charge in [0.25, 0.3) is 5.91 Å². The molecular formula is C13H17Cl2IN2O. The highest BCUT2D eigenvalue weighted by Crippen LogP contribution is 2.39. The highest BCUT2D eigenvalue weighted by Gasteiger charge is 2.41. The van der Waals surface area contributed by atoms with Gasteiger partial charge in [-0.1, -0.05) is 11.6 Å². The third-order valence-electron chi connectivity index (χ3n) is 3.48. The number of carbonyl (C=O) groups excluding carboxylic acids is 1. The Morgan fingerprint density at radius 1 is 1.58 bits per heavy atom. The molecule has 0 bridgehead atoms. The molecule has 1 aliphatic carbocycles. The lowest BCUT2D eigenvalue weighted by Crippen LogP contribution is -2.53. The summed E-state index contributed by atoms with van der Waals surface area (Å²) in [6, 6.07) is 5.41. The molecule has 3 N–H and O–H groups in total. The molecule has 19 heavy (non-hydrogen) atoms. The first-order valence-electron chi connectivity index (χ1n) is 5.94. The van der Waals surface area contributed by atoms with Crippen LogP contribution in [0.1, 0.15) is 30.1 Å². The van der Waals surface area contributed by atoms with Crippen molar-refractivity contribution < 1.29 is 4.79 Å². The minimum Gasteiger partial charge on any atom is -0.345 e. The van der Waals surface area contributed by atoms with Crippen molar-refractivity contribution in [1.82, 2.24) is 5.32 Å². The van der Waals surface area contributed by atoms with Gasteiger partial charge >= 0.3 is 0 Å². The first-order chi connectivity index (χ1) is 8.46. The summed E-state index contributed by atoms with van der Waals surface area (Å²) in [6.07, 6.45) is 2.27. The van der Waals surface area contributed by atoms with Crippen molar-refractivity contribution in [2.75, 3.05) is 6.54 Å². The average molecular weight is 415 g/mol. The normalized spacial score (nSPS) is 17.3. The van der Waals surface area contributed by atoms with Crippen molar-refractivity contribution in [2.24, 2.45) is 11.7 Å².